The summed E-state index contributed by atoms with van der Waals surface area (Å²) in [6.45, 7) is 3.36. The van der Waals surface area contributed by atoms with Crippen molar-refractivity contribution in [1.82, 2.24) is 5.32 Å². The summed E-state index contributed by atoms with van der Waals surface area (Å²) >= 11 is 1.98. The molecule has 1 aliphatic rings. The molecule has 1 saturated heterocycles. The van der Waals surface area contributed by atoms with E-state index >= 15 is 0 Å². The fourth-order valence-electron chi connectivity index (χ4n) is 2.12. The van der Waals surface area contributed by atoms with Crippen LogP contribution in [0.15, 0.2) is 29.2 Å². The Kier molecular flexibility index (Phi) is 7.02. The maximum absolute atomic E-state index is 3.60. The van der Waals surface area contributed by atoms with Crippen LogP contribution in [-0.4, -0.2) is 18.3 Å². The van der Waals surface area contributed by atoms with Crippen molar-refractivity contribution in [2.45, 2.75) is 43.5 Å². The predicted molar refractivity (Wildman–Crippen MR) is 79.4 cm³/mol. The van der Waals surface area contributed by atoms with Gasteiger partial charge in [0.1, 0.15) is 0 Å². The van der Waals surface area contributed by atoms with Gasteiger partial charge in [-0.05, 0) is 50.6 Å². The van der Waals surface area contributed by atoms with Gasteiger partial charge in [0, 0.05) is 10.9 Å². The van der Waals surface area contributed by atoms with Crippen molar-refractivity contribution in [3.8, 4) is 0 Å². The van der Waals surface area contributed by atoms with E-state index in [1.807, 2.05) is 11.8 Å². The van der Waals surface area contributed by atoms with Gasteiger partial charge >= 0.3 is 0 Å². The van der Waals surface area contributed by atoms with Crippen molar-refractivity contribution in [3.05, 3.63) is 29.8 Å². The molecule has 3 heteroatoms. The number of benzene rings is 1. The SMILES string of the molecule is Cc1ccc(SCCC2CCCCN2)cc1.Cl. The Morgan fingerprint density at radius 2 is 2.00 bits per heavy atom. The normalized spacial score (nSPS) is 19.7. The fraction of sp³-hybridized carbons (Fsp3) is 0.571. The molecule has 0 aliphatic carbocycles. The molecule has 1 nitrogen and oxygen atoms in total. The molecule has 1 N–H and O–H groups in total. The third-order valence-electron chi connectivity index (χ3n) is 3.17. The molecule has 0 aromatic heterocycles. The number of hydrogen-bond donors (Lipinski definition) is 1. The summed E-state index contributed by atoms with van der Waals surface area (Å²) in [6.07, 6.45) is 5.45. The van der Waals surface area contributed by atoms with Crippen LogP contribution in [-0.2, 0) is 0 Å². The first kappa shape index (κ1) is 14.9. The summed E-state index contributed by atoms with van der Waals surface area (Å²) in [5, 5.41) is 3.60. The molecule has 0 amide bonds. The molecule has 1 aromatic rings. The molecule has 0 spiro atoms. The van der Waals surface area contributed by atoms with Gasteiger partial charge in [0.25, 0.3) is 0 Å². The Hall–Kier alpha value is -0.180. The van der Waals surface area contributed by atoms with Crippen LogP contribution in [0.25, 0.3) is 0 Å². The summed E-state index contributed by atoms with van der Waals surface area (Å²) in [5.74, 6) is 1.24. The first-order valence-corrected chi connectivity index (χ1v) is 7.26. The van der Waals surface area contributed by atoms with Crippen LogP contribution in [0.2, 0.25) is 0 Å². The van der Waals surface area contributed by atoms with Gasteiger partial charge in [-0.1, -0.05) is 24.1 Å². The number of hydrogen-bond acceptors (Lipinski definition) is 2. The number of piperidine rings is 1. The van der Waals surface area contributed by atoms with E-state index in [1.165, 1.54) is 48.4 Å². The summed E-state index contributed by atoms with van der Waals surface area (Å²) in [7, 11) is 0. The molecular formula is C14H22ClNS. The summed E-state index contributed by atoms with van der Waals surface area (Å²) in [5.41, 5.74) is 1.35. The molecular weight excluding hydrogens is 250 g/mol. The van der Waals surface area contributed by atoms with Crippen molar-refractivity contribution in [2.24, 2.45) is 0 Å². The number of halogens is 1. The van der Waals surface area contributed by atoms with Crippen LogP contribution in [0, 0.1) is 6.92 Å². The third kappa shape index (κ3) is 5.33. The van der Waals surface area contributed by atoms with Gasteiger partial charge < -0.3 is 5.32 Å². The Bertz CT molecular complexity index is 307. The highest BCUT2D eigenvalue weighted by Gasteiger charge is 2.11. The highest BCUT2D eigenvalue weighted by molar-refractivity contribution is 7.99. The lowest BCUT2D eigenvalue weighted by Crippen LogP contribution is -2.34. The summed E-state index contributed by atoms with van der Waals surface area (Å²) < 4.78 is 0. The van der Waals surface area contributed by atoms with E-state index < -0.39 is 0 Å². The second-order valence-electron chi connectivity index (χ2n) is 4.60. The molecule has 0 radical (unpaired) electrons. The Morgan fingerprint density at radius 1 is 1.24 bits per heavy atom. The molecule has 1 aromatic carbocycles. The largest absolute Gasteiger partial charge is 0.314 e. The van der Waals surface area contributed by atoms with E-state index in [1.54, 1.807) is 0 Å². The van der Waals surface area contributed by atoms with E-state index in [0.717, 1.165) is 6.04 Å². The van der Waals surface area contributed by atoms with Gasteiger partial charge in [0.05, 0.1) is 0 Å². The van der Waals surface area contributed by atoms with Crippen LogP contribution in [0.4, 0.5) is 0 Å². The van der Waals surface area contributed by atoms with Crippen molar-refractivity contribution in [1.29, 1.82) is 0 Å². The minimum absolute atomic E-state index is 0. The second kappa shape index (κ2) is 8.02. The van der Waals surface area contributed by atoms with Gasteiger partial charge in [-0.25, -0.2) is 0 Å². The maximum atomic E-state index is 3.60. The fourth-order valence-corrected chi connectivity index (χ4v) is 3.09. The topological polar surface area (TPSA) is 12.0 Å². The van der Waals surface area contributed by atoms with E-state index in [2.05, 4.69) is 36.5 Å². The number of rotatable bonds is 4. The average Bonchev–Trinajstić information content (AvgIpc) is 2.33. The van der Waals surface area contributed by atoms with Gasteiger partial charge in [-0.15, -0.1) is 24.2 Å². The molecule has 1 heterocycles. The zero-order valence-corrected chi connectivity index (χ0v) is 12.1. The monoisotopic (exact) mass is 271 g/mol. The number of nitrogens with one attached hydrogen (secondary N) is 1. The smallest absolute Gasteiger partial charge is 0.00750 e. The minimum Gasteiger partial charge on any atom is -0.314 e. The van der Waals surface area contributed by atoms with Crippen molar-refractivity contribution >= 4 is 24.2 Å². The van der Waals surface area contributed by atoms with E-state index in [9.17, 15) is 0 Å². The van der Waals surface area contributed by atoms with Crippen molar-refractivity contribution in [2.75, 3.05) is 12.3 Å². The first-order chi connectivity index (χ1) is 7.84. The average molecular weight is 272 g/mol. The minimum atomic E-state index is 0. The highest BCUT2D eigenvalue weighted by Crippen LogP contribution is 2.21. The van der Waals surface area contributed by atoms with Gasteiger partial charge in [-0.3, -0.25) is 0 Å². The predicted octanol–water partition coefficient (Wildman–Crippen LogP) is 4.04. The molecule has 17 heavy (non-hydrogen) atoms. The highest BCUT2D eigenvalue weighted by atomic mass is 35.5. The number of aryl methyl sites for hydroxylation is 1. The quantitative estimate of drug-likeness (QED) is 0.830. The van der Waals surface area contributed by atoms with E-state index in [0.29, 0.717) is 0 Å². The first-order valence-electron chi connectivity index (χ1n) is 6.27. The molecule has 2 rings (SSSR count). The lowest BCUT2D eigenvalue weighted by Gasteiger charge is -2.23. The number of thioether (sulfide) groups is 1. The van der Waals surface area contributed by atoms with Crippen LogP contribution in [0.1, 0.15) is 31.2 Å². The second-order valence-corrected chi connectivity index (χ2v) is 5.77. The summed E-state index contributed by atoms with van der Waals surface area (Å²) in [6, 6.07) is 9.62. The third-order valence-corrected chi connectivity index (χ3v) is 4.21. The standard InChI is InChI=1S/C14H21NS.ClH/c1-12-5-7-14(8-6-12)16-11-9-13-4-2-3-10-15-13;/h5-8,13,15H,2-4,9-11H2,1H3;1H. The van der Waals surface area contributed by atoms with E-state index in [-0.39, 0.29) is 12.4 Å². The van der Waals surface area contributed by atoms with Crippen LogP contribution >= 0.6 is 24.2 Å². The van der Waals surface area contributed by atoms with Crippen LogP contribution in [0.3, 0.4) is 0 Å². The Labute approximate surface area is 115 Å². The zero-order chi connectivity index (χ0) is 11.2. The zero-order valence-electron chi connectivity index (χ0n) is 10.4. The lowest BCUT2D eigenvalue weighted by atomic mass is 10.0. The molecule has 96 valence electrons. The van der Waals surface area contributed by atoms with Gasteiger partial charge in [-0.2, -0.15) is 0 Å². The molecule has 1 unspecified atom stereocenters. The Balaban J connectivity index is 0.00000144. The summed E-state index contributed by atoms with van der Waals surface area (Å²) in [4.78, 5) is 1.40. The van der Waals surface area contributed by atoms with Crippen molar-refractivity contribution < 1.29 is 0 Å². The molecule has 0 saturated carbocycles. The van der Waals surface area contributed by atoms with Crippen LogP contribution < -0.4 is 5.32 Å². The lowest BCUT2D eigenvalue weighted by molar-refractivity contribution is 0.395. The van der Waals surface area contributed by atoms with Crippen molar-refractivity contribution in [3.63, 3.8) is 0 Å². The van der Waals surface area contributed by atoms with Gasteiger partial charge in [0.15, 0.2) is 0 Å². The Morgan fingerprint density at radius 3 is 2.65 bits per heavy atom. The molecule has 1 aliphatic heterocycles. The molecule has 1 atom stereocenters. The molecule has 0 bridgehead atoms. The van der Waals surface area contributed by atoms with Crippen LogP contribution in [0.5, 0.6) is 0 Å². The maximum Gasteiger partial charge on any atom is 0.00750 e. The van der Waals surface area contributed by atoms with E-state index in [4.69, 9.17) is 0 Å². The molecule has 1 fully saturated rings. The van der Waals surface area contributed by atoms with Gasteiger partial charge in [0.2, 0.25) is 0 Å².